The smallest absolute Gasteiger partial charge is 0.191 e. The molecule has 0 bridgehead atoms. The van der Waals surface area contributed by atoms with Crippen LogP contribution in [0.5, 0.6) is 0 Å². The van der Waals surface area contributed by atoms with Crippen molar-refractivity contribution in [1.82, 2.24) is 15.1 Å². The first-order valence-corrected chi connectivity index (χ1v) is 7.20. The molecular formula is C14H26IN5. The molecule has 0 spiro atoms. The summed E-state index contributed by atoms with van der Waals surface area (Å²) < 4.78 is 0. The predicted octanol–water partition coefficient (Wildman–Crippen LogP) is 2.32. The van der Waals surface area contributed by atoms with E-state index in [1.54, 1.807) is 0 Å². The molecule has 3 N–H and O–H groups in total. The zero-order valence-corrected chi connectivity index (χ0v) is 14.8. The first-order chi connectivity index (χ1) is 9.16. The van der Waals surface area contributed by atoms with Crippen LogP contribution in [0.15, 0.2) is 11.2 Å². The molecule has 2 rings (SSSR count). The number of aliphatic imine (C=N–C) groups is 1. The van der Waals surface area contributed by atoms with Crippen LogP contribution >= 0.6 is 24.0 Å². The van der Waals surface area contributed by atoms with Crippen molar-refractivity contribution in [3.05, 3.63) is 17.5 Å². The number of aryl methyl sites for hydroxylation is 2. The van der Waals surface area contributed by atoms with E-state index >= 15 is 0 Å². The molecule has 20 heavy (non-hydrogen) atoms. The number of aromatic nitrogens is 2. The maximum Gasteiger partial charge on any atom is 0.191 e. The van der Waals surface area contributed by atoms with Gasteiger partial charge in [-0.2, -0.15) is 5.10 Å². The molecule has 0 aliphatic carbocycles. The topological polar surface area (TPSA) is 70.3 Å². The highest BCUT2D eigenvalue weighted by atomic mass is 127. The fourth-order valence-electron chi connectivity index (χ4n) is 2.43. The summed E-state index contributed by atoms with van der Waals surface area (Å²) >= 11 is 0. The summed E-state index contributed by atoms with van der Waals surface area (Å²) in [5.41, 5.74) is 8.47. The molecule has 1 fully saturated rings. The average Bonchev–Trinajstić information content (AvgIpc) is 2.81. The third-order valence-corrected chi connectivity index (χ3v) is 3.92. The average molecular weight is 391 g/mol. The van der Waals surface area contributed by atoms with Gasteiger partial charge in [-0.1, -0.05) is 6.92 Å². The number of piperidine rings is 1. The monoisotopic (exact) mass is 391 g/mol. The van der Waals surface area contributed by atoms with Crippen molar-refractivity contribution in [1.29, 1.82) is 0 Å². The number of aromatic amines is 1. The molecule has 6 heteroatoms. The highest BCUT2D eigenvalue weighted by Crippen LogP contribution is 2.15. The van der Waals surface area contributed by atoms with Crippen molar-refractivity contribution in [2.24, 2.45) is 16.6 Å². The highest BCUT2D eigenvalue weighted by molar-refractivity contribution is 14.0. The van der Waals surface area contributed by atoms with E-state index in [4.69, 9.17) is 5.73 Å². The van der Waals surface area contributed by atoms with E-state index in [0.717, 1.165) is 50.0 Å². The minimum absolute atomic E-state index is 0. The number of likely N-dealkylation sites (tertiary alicyclic amines) is 1. The van der Waals surface area contributed by atoms with Crippen LogP contribution in [0, 0.1) is 12.8 Å². The van der Waals surface area contributed by atoms with Crippen molar-refractivity contribution in [3.63, 3.8) is 0 Å². The van der Waals surface area contributed by atoms with E-state index in [-0.39, 0.29) is 24.0 Å². The highest BCUT2D eigenvalue weighted by Gasteiger charge is 2.16. The van der Waals surface area contributed by atoms with Gasteiger partial charge in [0.25, 0.3) is 0 Å². The summed E-state index contributed by atoms with van der Waals surface area (Å²) in [4.78, 5) is 6.70. The molecule has 0 aromatic carbocycles. The Morgan fingerprint density at radius 1 is 1.50 bits per heavy atom. The van der Waals surface area contributed by atoms with Crippen molar-refractivity contribution in [2.45, 2.75) is 39.5 Å². The standard InChI is InChI=1S/C14H25N5.HI/c1-11-5-8-19(9-6-11)14(15)16-7-3-4-13-10-17-18-12(13)2;/h10-11H,3-9H2,1-2H3,(H2,15,16)(H,17,18);1H. The Balaban J connectivity index is 0.00000200. The molecule has 114 valence electrons. The van der Waals surface area contributed by atoms with Crippen molar-refractivity contribution < 1.29 is 0 Å². The Hall–Kier alpha value is -0.790. The first kappa shape index (κ1) is 17.3. The third-order valence-electron chi connectivity index (χ3n) is 3.92. The minimum atomic E-state index is 0. The zero-order valence-electron chi connectivity index (χ0n) is 12.4. The summed E-state index contributed by atoms with van der Waals surface area (Å²) in [5.74, 6) is 1.55. The number of nitrogens with two attached hydrogens (primary N) is 1. The summed E-state index contributed by atoms with van der Waals surface area (Å²) in [6.07, 6.45) is 6.38. The Morgan fingerprint density at radius 3 is 2.80 bits per heavy atom. The second-order valence-corrected chi connectivity index (χ2v) is 5.53. The van der Waals surface area contributed by atoms with E-state index in [0.29, 0.717) is 0 Å². The fourth-order valence-corrected chi connectivity index (χ4v) is 2.43. The largest absolute Gasteiger partial charge is 0.370 e. The number of rotatable bonds is 4. The zero-order chi connectivity index (χ0) is 13.7. The van der Waals surface area contributed by atoms with E-state index in [9.17, 15) is 0 Å². The van der Waals surface area contributed by atoms with Crippen LogP contribution in [0.25, 0.3) is 0 Å². The predicted molar refractivity (Wildman–Crippen MR) is 93.5 cm³/mol. The van der Waals surface area contributed by atoms with Gasteiger partial charge < -0.3 is 10.6 Å². The lowest BCUT2D eigenvalue weighted by atomic mass is 10.00. The molecule has 0 saturated carbocycles. The van der Waals surface area contributed by atoms with E-state index in [1.165, 1.54) is 18.4 Å². The van der Waals surface area contributed by atoms with Gasteiger partial charge in [-0.15, -0.1) is 24.0 Å². The number of halogens is 1. The molecule has 0 amide bonds. The van der Waals surface area contributed by atoms with Crippen LogP contribution in [0.2, 0.25) is 0 Å². The minimum Gasteiger partial charge on any atom is -0.370 e. The van der Waals surface area contributed by atoms with Crippen LogP contribution in [0.3, 0.4) is 0 Å². The van der Waals surface area contributed by atoms with Gasteiger partial charge in [0.15, 0.2) is 5.96 Å². The molecule has 0 unspecified atom stereocenters. The van der Waals surface area contributed by atoms with Crippen molar-refractivity contribution in [2.75, 3.05) is 19.6 Å². The molecule has 0 atom stereocenters. The first-order valence-electron chi connectivity index (χ1n) is 7.20. The van der Waals surface area contributed by atoms with Gasteiger partial charge in [-0.3, -0.25) is 10.1 Å². The SMILES string of the molecule is Cc1[nH]ncc1CCCN=C(N)N1CCC(C)CC1.I. The summed E-state index contributed by atoms with van der Waals surface area (Å²) in [6, 6.07) is 0. The van der Waals surface area contributed by atoms with Crippen LogP contribution in [-0.4, -0.2) is 40.7 Å². The lowest BCUT2D eigenvalue weighted by Crippen LogP contribution is -2.42. The van der Waals surface area contributed by atoms with Crippen LogP contribution in [0.1, 0.15) is 37.4 Å². The van der Waals surface area contributed by atoms with Crippen molar-refractivity contribution >= 4 is 29.9 Å². The molecule has 2 heterocycles. The third kappa shape index (κ3) is 4.96. The Kier molecular flexibility index (Phi) is 7.32. The fraction of sp³-hybridized carbons (Fsp3) is 0.714. The van der Waals surface area contributed by atoms with Crippen LogP contribution in [0.4, 0.5) is 0 Å². The van der Waals surface area contributed by atoms with E-state index < -0.39 is 0 Å². The maximum absolute atomic E-state index is 6.04. The normalized spacial score (nSPS) is 17.1. The molecule has 1 saturated heterocycles. The number of guanidine groups is 1. The number of nitrogens with one attached hydrogen (secondary N) is 1. The molecule has 1 aliphatic rings. The summed E-state index contributed by atoms with van der Waals surface area (Å²) in [5, 5.41) is 6.98. The number of H-pyrrole nitrogens is 1. The van der Waals surface area contributed by atoms with Gasteiger partial charge in [0.05, 0.1) is 6.20 Å². The number of nitrogens with zero attached hydrogens (tertiary/aromatic N) is 3. The van der Waals surface area contributed by atoms with Gasteiger partial charge in [0.1, 0.15) is 0 Å². The van der Waals surface area contributed by atoms with Gasteiger partial charge >= 0.3 is 0 Å². The molecule has 1 aromatic rings. The second-order valence-electron chi connectivity index (χ2n) is 5.53. The van der Waals surface area contributed by atoms with Gasteiger partial charge in [-0.25, -0.2) is 0 Å². The molecule has 1 aromatic heterocycles. The van der Waals surface area contributed by atoms with Gasteiger partial charge in [0.2, 0.25) is 0 Å². The number of hydrogen-bond donors (Lipinski definition) is 2. The lowest BCUT2D eigenvalue weighted by molar-refractivity contribution is 0.277. The second kappa shape index (κ2) is 8.49. The van der Waals surface area contributed by atoms with Gasteiger partial charge in [0, 0.05) is 25.3 Å². The Bertz CT molecular complexity index is 421. The van der Waals surface area contributed by atoms with E-state index in [1.807, 2.05) is 6.20 Å². The van der Waals surface area contributed by atoms with Gasteiger partial charge in [-0.05, 0) is 44.1 Å². The lowest BCUT2D eigenvalue weighted by Gasteiger charge is -2.31. The molecule has 1 aliphatic heterocycles. The van der Waals surface area contributed by atoms with Crippen LogP contribution in [-0.2, 0) is 6.42 Å². The molecule has 5 nitrogen and oxygen atoms in total. The van der Waals surface area contributed by atoms with E-state index in [2.05, 4.69) is 33.9 Å². The molecular weight excluding hydrogens is 365 g/mol. The maximum atomic E-state index is 6.04. The Morgan fingerprint density at radius 2 is 2.20 bits per heavy atom. The quantitative estimate of drug-likeness (QED) is 0.358. The Labute approximate surface area is 138 Å². The molecule has 0 radical (unpaired) electrons. The van der Waals surface area contributed by atoms with Crippen molar-refractivity contribution in [3.8, 4) is 0 Å². The van der Waals surface area contributed by atoms with Crippen LogP contribution < -0.4 is 5.73 Å². The number of hydrogen-bond acceptors (Lipinski definition) is 2. The summed E-state index contributed by atoms with van der Waals surface area (Å²) in [7, 11) is 0. The summed E-state index contributed by atoms with van der Waals surface area (Å²) in [6.45, 7) is 7.25.